The van der Waals surface area contributed by atoms with Crippen molar-refractivity contribution in [1.82, 2.24) is 0 Å². The maximum Gasteiger partial charge on any atom is 0.172 e. The Balaban J connectivity index is 1.86. The number of carbonyl (C=O) groups is 1. The van der Waals surface area contributed by atoms with Crippen LogP contribution in [0.4, 0.5) is 5.69 Å². The summed E-state index contributed by atoms with van der Waals surface area (Å²) in [6.45, 7) is 5.10. The van der Waals surface area contributed by atoms with Gasteiger partial charge in [0.25, 0.3) is 0 Å². The van der Waals surface area contributed by atoms with Crippen LogP contribution in [0.5, 0.6) is 0 Å². The fourth-order valence-electron chi connectivity index (χ4n) is 3.04. The Morgan fingerprint density at radius 1 is 1.19 bits per heavy atom. The van der Waals surface area contributed by atoms with Gasteiger partial charge in [-0.1, -0.05) is 50.2 Å². The molecular weight excluding hydrogens is 258 g/mol. The predicted octanol–water partition coefficient (Wildman–Crippen LogP) is 4.28. The van der Waals surface area contributed by atoms with Crippen molar-refractivity contribution in [2.75, 3.05) is 11.9 Å². The molecule has 2 heteroatoms. The van der Waals surface area contributed by atoms with E-state index in [1.807, 2.05) is 30.3 Å². The number of nitrogens with one attached hydrogen (secondary N) is 1. The summed E-state index contributed by atoms with van der Waals surface area (Å²) in [7, 11) is 0. The molecule has 0 saturated heterocycles. The lowest BCUT2D eigenvalue weighted by Gasteiger charge is -2.11. The zero-order valence-electron chi connectivity index (χ0n) is 12.6. The number of fused-ring (bicyclic) bond motifs is 1. The first-order valence-electron chi connectivity index (χ1n) is 7.61. The number of benzene rings is 2. The smallest absolute Gasteiger partial charge is 0.172 e. The molecule has 0 saturated carbocycles. The highest BCUT2D eigenvalue weighted by Crippen LogP contribution is 2.33. The number of hydrogen-bond donors (Lipinski definition) is 1. The van der Waals surface area contributed by atoms with Crippen molar-refractivity contribution in [3.63, 3.8) is 0 Å². The first-order chi connectivity index (χ1) is 10.1. The highest BCUT2D eigenvalue weighted by molar-refractivity contribution is 6.03. The topological polar surface area (TPSA) is 29.1 Å². The molecule has 0 bridgehead atoms. The number of carbonyl (C=O) groups excluding carboxylic acids is 1. The monoisotopic (exact) mass is 279 g/mol. The summed E-state index contributed by atoms with van der Waals surface area (Å²) in [5.74, 6) is 0.762. The zero-order valence-corrected chi connectivity index (χ0v) is 12.6. The molecule has 1 atom stereocenters. The molecule has 0 spiro atoms. The van der Waals surface area contributed by atoms with E-state index in [2.05, 4.69) is 37.4 Å². The van der Waals surface area contributed by atoms with Gasteiger partial charge in [-0.25, -0.2) is 0 Å². The Hall–Kier alpha value is -2.09. The van der Waals surface area contributed by atoms with E-state index in [1.165, 1.54) is 5.56 Å². The second-order valence-electron chi connectivity index (χ2n) is 6.18. The molecule has 1 unspecified atom stereocenters. The predicted molar refractivity (Wildman–Crippen MR) is 87.0 cm³/mol. The van der Waals surface area contributed by atoms with Gasteiger partial charge in [0.2, 0.25) is 0 Å². The zero-order chi connectivity index (χ0) is 14.8. The lowest BCUT2D eigenvalue weighted by Crippen LogP contribution is -2.15. The molecule has 1 N–H and O–H groups in total. The van der Waals surface area contributed by atoms with E-state index < -0.39 is 0 Å². The van der Waals surface area contributed by atoms with Gasteiger partial charge in [-0.05, 0) is 35.6 Å². The molecule has 1 aliphatic rings. The van der Waals surface area contributed by atoms with Crippen LogP contribution in [0.1, 0.15) is 41.3 Å². The van der Waals surface area contributed by atoms with E-state index in [0.717, 1.165) is 23.2 Å². The largest absolute Gasteiger partial charge is 0.384 e. The Morgan fingerprint density at radius 2 is 2.00 bits per heavy atom. The van der Waals surface area contributed by atoms with Crippen molar-refractivity contribution in [2.24, 2.45) is 5.92 Å². The Morgan fingerprint density at radius 3 is 2.81 bits per heavy atom. The third-order valence-electron chi connectivity index (χ3n) is 4.00. The lowest BCUT2D eigenvalue weighted by atomic mass is 9.91. The highest BCUT2D eigenvalue weighted by atomic mass is 16.1. The Bertz CT molecular complexity index is 660. The van der Waals surface area contributed by atoms with Crippen LogP contribution in [0.2, 0.25) is 0 Å². The number of para-hydroxylation sites is 1. The van der Waals surface area contributed by atoms with Crippen LogP contribution in [0.25, 0.3) is 0 Å². The van der Waals surface area contributed by atoms with Crippen molar-refractivity contribution in [1.29, 1.82) is 0 Å². The second-order valence-corrected chi connectivity index (χ2v) is 6.18. The van der Waals surface area contributed by atoms with E-state index in [-0.39, 0.29) is 11.7 Å². The molecule has 1 heterocycles. The molecule has 0 fully saturated rings. The third kappa shape index (κ3) is 2.85. The molecule has 2 aromatic rings. The van der Waals surface area contributed by atoms with Gasteiger partial charge in [0.15, 0.2) is 5.78 Å². The lowest BCUT2D eigenvalue weighted by molar-refractivity contribution is 0.0966. The van der Waals surface area contributed by atoms with Gasteiger partial charge in [-0.3, -0.25) is 4.79 Å². The number of ketones is 1. The van der Waals surface area contributed by atoms with Crippen molar-refractivity contribution in [3.8, 4) is 0 Å². The van der Waals surface area contributed by atoms with E-state index in [0.29, 0.717) is 12.5 Å². The normalized spacial score (nSPS) is 16.6. The summed E-state index contributed by atoms with van der Waals surface area (Å²) in [5, 5.41) is 3.33. The molecule has 0 aromatic heterocycles. The van der Waals surface area contributed by atoms with Crippen LogP contribution in [-0.4, -0.2) is 12.3 Å². The van der Waals surface area contributed by atoms with Gasteiger partial charge in [0.1, 0.15) is 0 Å². The number of Topliss-reactive ketones (excluding diaryl/α,β-unsaturated/α-hetero) is 1. The van der Waals surface area contributed by atoms with E-state index in [9.17, 15) is 4.79 Å². The average Bonchev–Trinajstić information content (AvgIpc) is 2.90. The van der Waals surface area contributed by atoms with E-state index >= 15 is 0 Å². The molecule has 2 aromatic carbocycles. The van der Waals surface area contributed by atoms with Gasteiger partial charge in [-0.15, -0.1) is 0 Å². The quantitative estimate of drug-likeness (QED) is 0.846. The van der Waals surface area contributed by atoms with Crippen LogP contribution in [0.3, 0.4) is 0 Å². The van der Waals surface area contributed by atoms with Gasteiger partial charge >= 0.3 is 0 Å². The maximum atomic E-state index is 12.8. The summed E-state index contributed by atoms with van der Waals surface area (Å²) >= 11 is 0. The number of anilines is 1. The van der Waals surface area contributed by atoms with Crippen LogP contribution < -0.4 is 5.32 Å². The second kappa shape index (κ2) is 5.72. The van der Waals surface area contributed by atoms with Crippen LogP contribution in [-0.2, 0) is 6.42 Å². The van der Waals surface area contributed by atoms with Crippen molar-refractivity contribution >= 4 is 11.5 Å². The molecule has 0 aliphatic carbocycles. The molecule has 21 heavy (non-hydrogen) atoms. The summed E-state index contributed by atoms with van der Waals surface area (Å²) in [6, 6.07) is 16.2. The van der Waals surface area contributed by atoms with Gasteiger partial charge in [0, 0.05) is 17.8 Å². The molecular formula is C19H21NO. The molecule has 0 amide bonds. The van der Waals surface area contributed by atoms with Crippen LogP contribution >= 0.6 is 0 Å². The molecule has 108 valence electrons. The van der Waals surface area contributed by atoms with E-state index in [1.54, 1.807) is 0 Å². The molecule has 1 aliphatic heterocycles. The van der Waals surface area contributed by atoms with Gasteiger partial charge in [0.05, 0.1) is 5.92 Å². The number of rotatable bonds is 4. The average molecular weight is 279 g/mol. The van der Waals surface area contributed by atoms with Gasteiger partial charge < -0.3 is 5.32 Å². The van der Waals surface area contributed by atoms with Crippen molar-refractivity contribution < 1.29 is 4.79 Å². The molecule has 2 nitrogen and oxygen atoms in total. The Labute approximate surface area is 126 Å². The standard InChI is InChI=1S/C19H21NO/c1-13(2)10-14-6-5-7-15(11-14)19(21)17-12-20-18-9-4-3-8-16(17)18/h3-9,11,13,17,20H,10,12H2,1-2H3. The van der Waals surface area contributed by atoms with Crippen molar-refractivity contribution in [2.45, 2.75) is 26.2 Å². The van der Waals surface area contributed by atoms with Crippen molar-refractivity contribution in [3.05, 3.63) is 65.2 Å². The SMILES string of the molecule is CC(C)Cc1cccc(C(=O)C2CNc3ccccc32)c1. The summed E-state index contributed by atoms with van der Waals surface area (Å²) < 4.78 is 0. The van der Waals surface area contributed by atoms with Crippen LogP contribution in [0.15, 0.2) is 48.5 Å². The fourth-order valence-corrected chi connectivity index (χ4v) is 3.04. The first kappa shape index (κ1) is 13.9. The number of hydrogen-bond acceptors (Lipinski definition) is 2. The van der Waals surface area contributed by atoms with E-state index in [4.69, 9.17) is 0 Å². The minimum atomic E-state index is -0.0597. The summed E-state index contributed by atoms with van der Waals surface area (Å²) in [4.78, 5) is 12.8. The summed E-state index contributed by atoms with van der Waals surface area (Å²) in [5.41, 5.74) is 4.29. The van der Waals surface area contributed by atoms with Crippen LogP contribution in [0, 0.1) is 5.92 Å². The molecule has 3 rings (SSSR count). The van der Waals surface area contributed by atoms with Gasteiger partial charge in [-0.2, -0.15) is 0 Å². The minimum absolute atomic E-state index is 0.0597. The fraction of sp³-hybridized carbons (Fsp3) is 0.316. The maximum absolute atomic E-state index is 12.8. The summed E-state index contributed by atoms with van der Waals surface area (Å²) in [6.07, 6.45) is 1.01. The highest BCUT2D eigenvalue weighted by Gasteiger charge is 2.28. The Kier molecular flexibility index (Phi) is 3.78. The molecule has 0 radical (unpaired) electrons. The first-order valence-corrected chi connectivity index (χ1v) is 7.61. The minimum Gasteiger partial charge on any atom is -0.384 e. The third-order valence-corrected chi connectivity index (χ3v) is 4.00.